The fourth-order valence-corrected chi connectivity index (χ4v) is 3.81. The van der Waals surface area contributed by atoms with E-state index in [1.807, 2.05) is 60.1 Å². The zero-order valence-corrected chi connectivity index (χ0v) is 16.1. The molecule has 0 saturated carbocycles. The second kappa shape index (κ2) is 7.38. The summed E-state index contributed by atoms with van der Waals surface area (Å²) >= 11 is 0. The first-order chi connectivity index (χ1) is 13.6. The lowest BCUT2D eigenvalue weighted by Gasteiger charge is -2.18. The Morgan fingerprint density at radius 2 is 1.96 bits per heavy atom. The molecule has 1 saturated heterocycles. The van der Waals surface area contributed by atoms with Gasteiger partial charge in [0.15, 0.2) is 0 Å². The van der Waals surface area contributed by atoms with Gasteiger partial charge in [-0.2, -0.15) is 0 Å². The van der Waals surface area contributed by atoms with Gasteiger partial charge in [-0.25, -0.2) is 0 Å². The van der Waals surface area contributed by atoms with Crippen molar-refractivity contribution in [1.82, 2.24) is 9.88 Å². The van der Waals surface area contributed by atoms with Gasteiger partial charge in [0.1, 0.15) is 11.4 Å². The highest BCUT2D eigenvalue weighted by Crippen LogP contribution is 2.37. The van der Waals surface area contributed by atoms with E-state index in [4.69, 9.17) is 4.74 Å². The van der Waals surface area contributed by atoms with Gasteiger partial charge in [-0.05, 0) is 30.2 Å². The molecule has 2 amide bonds. The van der Waals surface area contributed by atoms with Gasteiger partial charge in [-0.3, -0.25) is 9.59 Å². The van der Waals surface area contributed by atoms with Crippen LogP contribution in [0, 0.1) is 0 Å². The monoisotopic (exact) mass is 377 g/mol. The van der Waals surface area contributed by atoms with Gasteiger partial charge < -0.3 is 19.5 Å². The topological polar surface area (TPSA) is 63.6 Å². The fraction of sp³-hybridized carbons (Fsp3) is 0.273. The molecule has 0 unspecified atom stereocenters. The standard InChI is InChI=1S/C22H23N3O3/c1-24-18-11-10-16(28-2)13-17(18)20(25-12-6-9-19(25)26)21(24)22(27)23-14-15-7-4-3-5-8-15/h3-5,7-8,10-11,13H,6,9,12,14H2,1-2H3,(H,23,27). The summed E-state index contributed by atoms with van der Waals surface area (Å²) in [6.45, 7) is 1.05. The van der Waals surface area contributed by atoms with Gasteiger partial charge in [-0.15, -0.1) is 0 Å². The number of hydrogen-bond acceptors (Lipinski definition) is 3. The number of nitrogens with one attached hydrogen (secondary N) is 1. The molecule has 28 heavy (non-hydrogen) atoms. The lowest BCUT2D eigenvalue weighted by Crippen LogP contribution is -2.30. The highest BCUT2D eigenvalue weighted by Gasteiger charge is 2.31. The van der Waals surface area contributed by atoms with Gasteiger partial charge in [0.25, 0.3) is 5.91 Å². The maximum atomic E-state index is 13.1. The largest absolute Gasteiger partial charge is 0.497 e. The Bertz CT molecular complexity index is 1040. The van der Waals surface area contributed by atoms with Gasteiger partial charge >= 0.3 is 0 Å². The molecule has 1 fully saturated rings. The van der Waals surface area contributed by atoms with Crippen LogP contribution in [0.2, 0.25) is 0 Å². The van der Waals surface area contributed by atoms with Crippen molar-refractivity contribution in [2.75, 3.05) is 18.6 Å². The summed E-state index contributed by atoms with van der Waals surface area (Å²) < 4.78 is 7.23. The number of amides is 2. The summed E-state index contributed by atoms with van der Waals surface area (Å²) in [4.78, 5) is 27.4. The second-order valence-electron chi connectivity index (χ2n) is 6.96. The lowest BCUT2D eigenvalue weighted by atomic mass is 10.2. The van der Waals surface area contributed by atoms with E-state index in [9.17, 15) is 9.59 Å². The zero-order chi connectivity index (χ0) is 19.7. The van der Waals surface area contributed by atoms with Gasteiger partial charge in [0, 0.05) is 31.9 Å². The number of carbonyl (C=O) groups excluding carboxylic acids is 2. The third-order valence-electron chi connectivity index (χ3n) is 5.23. The molecule has 4 rings (SSSR count). The number of rotatable bonds is 5. The molecule has 144 valence electrons. The number of ether oxygens (including phenoxy) is 1. The van der Waals surface area contributed by atoms with Crippen molar-refractivity contribution in [1.29, 1.82) is 0 Å². The van der Waals surface area contributed by atoms with E-state index < -0.39 is 0 Å². The first-order valence-corrected chi connectivity index (χ1v) is 9.39. The third-order valence-corrected chi connectivity index (χ3v) is 5.23. The van der Waals surface area contributed by atoms with E-state index in [0.717, 1.165) is 22.9 Å². The Morgan fingerprint density at radius 1 is 1.18 bits per heavy atom. The summed E-state index contributed by atoms with van der Waals surface area (Å²) in [7, 11) is 3.47. The second-order valence-corrected chi connectivity index (χ2v) is 6.96. The Kier molecular flexibility index (Phi) is 4.77. The minimum atomic E-state index is -0.198. The van der Waals surface area contributed by atoms with E-state index >= 15 is 0 Å². The first kappa shape index (κ1) is 18.1. The summed E-state index contributed by atoms with van der Waals surface area (Å²) in [5.74, 6) is 0.547. The quantitative estimate of drug-likeness (QED) is 0.742. The number of fused-ring (bicyclic) bond motifs is 1. The zero-order valence-electron chi connectivity index (χ0n) is 16.1. The van der Waals surface area contributed by atoms with Crippen LogP contribution in [-0.4, -0.2) is 30.0 Å². The number of nitrogens with zero attached hydrogens (tertiary/aromatic N) is 2. The first-order valence-electron chi connectivity index (χ1n) is 9.39. The van der Waals surface area contributed by atoms with Gasteiger partial charge in [-0.1, -0.05) is 30.3 Å². The molecule has 6 heteroatoms. The van der Waals surface area contributed by atoms with Crippen LogP contribution in [0.1, 0.15) is 28.9 Å². The van der Waals surface area contributed by atoms with E-state index in [-0.39, 0.29) is 11.8 Å². The predicted octanol–water partition coefficient (Wildman–Crippen LogP) is 3.24. The molecule has 0 aliphatic carbocycles. The molecule has 0 radical (unpaired) electrons. The maximum Gasteiger partial charge on any atom is 0.270 e. The molecular weight excluding hydrogens is 354 g/mol. The maximum absolute atomic E-state index is 13.1. The van der Waals surface area contributed by atoms with Crippen LogP contribution in [0.25, 0.3) is 10.9 Å². The molecule has 0 spiro atoms. The molecule has 1 N–H and O–H groups in total. The van der Waals surface area contributed by atoms with E-state index in [0.29, 0.717) is 36.6 Å². The number of methoxy groups -OCH3 is 1. The Morgan fingerprint density at radius 3 is 2.64 bits per heavy atom. The molecule has 3 aromatic rings. The van der Waals surface area contributed by atoms with Crippen LogP contribution in [0.4, 0.5) is 5.69 Å². The number of anilines is 1. The molecule has 0 atom stereocenters. The van der Waals surface area contributed by atoms with Crippen molar-refractivity contribution in [2.45, 2.75) is 19.4 Å². The molecular formula is C22H23N3O3. The summed E-state index contributed by atoms with van der Waals surface area (Å²) in [6.07, 6.45) is 1.30. The molecule has 0 bridgehead atoms. The highest BCUT2D eigenvalue weighted by molar-refractivity contribution is 6.14. The molecule has 2 heterocycles. The van der Waals surface area contributed by atoms with E-state index in [2.05, 4.69) is 5.32 Å². The molecule has 1 aromatic heterocycles. The van der Waals surface area contributed by atoms with Crippen LogP contribution in [-0.2, 0) is 18.4 Å². The van der Waals surface area contributed by atoms with E-state index in [1.165, 1.54) is 0 Å². The number of aryl methyl sites for hydroxylation is 1. The molecule has 2 aromatic carbocycles. The van der Waals surface area contributed by atoms with Crippen molar-refractivity contribution in [3.63, 3.8) is 0 Å². The molecule has 1 aliphatic rings. The van der Waals surface area contributed by atoms with E-state index in [1.54, 1.807) is 12.0 Å². The smallest absolute Gasteiger partial charge is 0.270 e. The van der Waals surface area contributed by atoms with Crippen molar-refractivity contribution < 1.29 is 14.3 Å². The number of aromatic nitrogens is 1. The number of hydrogen-bond donors (Lipinski definition) is 1. The number of carbonyl (C=O) groups is 2. The van der Waals surface area contributed by atoms with Crippen molar-refractivity contribution in [2.24, 2.45) is 7.05 Å². The van der Waals surface area contributed by atoms with Gasteiger partial charge in [0.05, 0.1) is 18.3 Å². The van der Waals surface area contributed by atoms with Crippen LogP contribution >= 0.6 is 0 Å². The Balaban J connectivity index is 1.78. The summed E-state index contributed by atoms with van der Waals surface area (Å²) in [5, 5.41) is 3.84. The third kappa shape index (κ3) is 3.11. The SMILES string of the molecule is COc1ccc2c(c1)c(N1CCCC1=O)c(C(=O)NCc1ccccc1)n2C. The highest BCUT2D eigenvalue weighted by atomic mass is 16.5. The van der Waals surface area contributed by atoms with Crippen LogP contribution in [0.5, 0.6) is 5.75 Å². The van der Waals surface area contributed by atoms with Crippen LogP contribution in [0.15, 0.2) is 48.5 Å². The number of benzene rings is 2. The predicted molar refractivity (Wildman–Crippen MR) is 109 cm³/mol. The van der Waals surface area contributed by atoms with Gasteiger partial charge in [0.2, 0.25) is 5.91 Å². The molecule has 1 aliphatic heterocycles. The lowest BCUT2D eigenvalue weighted by molar-refractivity contribution is -0.117. The van der Waals surface area contributed by atoms with Crippen LogP contribution < -0.4 is 15.0 Å². The van der Waals surface area contributed by atoms with Crippen molar-refractivity contribution in [3.05, 3.63) is 59.8 Å². The summed E-state index contributed by atoms with van der Waals surface area (Å²) in [6, 6.07) is 15.5. The normalized spacial score (nSPS) is 13.9. The fourth-order valence-electron chi connectivity index (χ4n) is 3.81. The average Bonchev–Trinajstić information content (AvgIpc) is 3.27. The van der Waals surface area contributed by atoms with Crippen molar-refractivity contribution >= 4 is 28.4 Å². The Hall–Kier alpha value is -3.28. The average molecular weight is 377 g/mol. The minimum Gasteiger partial charge on any atom is -0.497 e. The van der Waals surface area contributed by atoms with Crippen molar-refractivity contribution in [3.8, 4) is 5.75 Å². The van der Waals surface area contributed by atoms with Crippen LogP contribution in [0.3, 0.4) is 0 Å². The summed E-state index contributed by atoms with van der Waals surface area (Å²) in [5.41, 5.74) is 3.08. The minimum absolute atomic E-state index is 0.0485. The Labute approximate surface area is 163 Å². The molecule has 6 nitrogen and oxygen atoms in total.